The van der Waals surface area contributed by atoms with Gasteiger partial charge in [0.15, 0.2) is 5.82 Å². The van der Waals surface area contributed by atoms with Gasteiger partial charge in [0, 0.05) is 49.9 Å². The summed E-state index contributed by atoms with van der Waals surface area (Å²) in [6, 6.07) is 10.3. The lowest BCUT2D eigenvalue weighted by Gasteiger charge is -2.14. The fraction of sp³-hybridized carbons (Fsp3) is 0.348. The standard InChI is InChI=1S/C23H26N6O3/c1-15-8-9-16(22-26-25-21-7-5-4-6-12-28(21)22)13-18(15)24-23(30)17-10-11-19(27(2)3)20(14-17)29(31)32/h8-11,13-14H,4-7,12H2,1-3H3,(H,24,30). The molecule has 166 valence electrons. The van der Waals surface area contributed by atoms with Gasteiger partial charge < -0.3 is 14.8 Å². The van der Waals surface area contributed by atoms with Crippen LogP contribution in [0.3, 0.4) is 0 Å². The molecule has 1 amide bonds. The molecule has 1 aliphatic rings. The highest BCUT2D eigenvalue weighted by Gasteiger charge is 2.20. The van der Waals surface area contributed by atoms with Gasteiger partial charge in [-0.3, -0.25) is 14.9 Å². The van der Waals surface area contributed by atoms with Crippen LogP contribution in [0, 0.1) is 17.0 Å². The van der Waals surface area contributed by atoms with E-state index >= 15 is 0 Å². The first-order valence-electron chi connectivity index (χ1n) is 10.7. The van der Waals surface area contributed by atoms with E-state index in [1.54, 1.807) is 31.1 Å². The molecule has 0 fully saturated rings. The van der Waals surface area contributed by atoms with Gasteiger partial charge in [0.2, 0.25) is 0 Å². The molecule has 2 heterocycles. The van der Waals surface area contributed by atoms with Crippen molar-refractivity contribution in [2.75, 3.05) is 24.3 Å². The molecule has 9 heteroatoms. The summed E-state index contributed by atoms with van der Waals surface area (Å²) >= 11 is 0. The van der Waals surface area contributed by atoms with E-state index in [1.807, 2.05) is 25.1 Å². The molecule has 1 aliphatic heterocycles. The molecule has 4 rings (SSSR count). The Bertz CT molecular complexity index is 1180. The Balaban J connectivity index is 1.63. The van der Waals surface area contributed by atoms with Gasteiger partial charge in [-0.25, -0.2) is 0 Å². The van der Waals surface area contributed by atoms with Crippen LogP contribution in [0.5, 0.6) is 0 Å². The lowest BCUT2D eigenvalue weighted by atomic mass is 10.1. The highest BCUT2D eigenvalue weighted by Crippen LogP contribution is 2.30. The van der Waals surface area contributed by atoms with Crippen molar-refractivity contribution in [2.45, 2.75) is 39.2 Å². The van der Waals surface area contributed by atoms with Crippen LogP contribution >= 0.6 is 0 Å². The van der Waals surface area contributed by atoms with E-state index in [1.165, 1.54) is 12.5 Å². The number of benzene rings is 2. The predicted molar refractivity (Wildman–Crippen MR) is 123 cm³/mol. The van der Waals surface area contributed by atoms with Gasteiger partial charge in [0.1, 0.15) is 11.5 Å². The Morgan fingerprint density at radius 2 is 1.94 bits per heavy atom. The normalized spacial score (nSPS) is 13.2. The van der Waals surface area contributed by atoms with E-state index in [0.717, 1.165) is 48.6 Å². The van der Waals surface area contributed by atoms with Crippen LogP contribution in [-0.2, 0) is 13.0 Å². The summed E-state index contributed by atoms with van der Waals surface area (Å²) in [4.78, 5) is 25.6. The summed E-state index contributed by atoms with van der Waals surface area (Å²) < 4.78 is 2.16. The summed E-state index contributed by atoms with van der Waals surface area (Å²) in [5.41, 5.74) is 2.95. The molecule has 9 nitrogen and oxygen atoms in total. The van der Waals surface area contributed by atoms with E-state index in [9.17, 15) is 14.9 Å². The van der Waals surface area contributed by atoms with Crippen molar-refractivity contribution in [3.8, 4) is 11.4 Å². The number of nitrogens with one attached hydrogen (secondary N) is 1. The first kappa shape index (κ1) is 21.5. The fourth-order valence-corrected chi connectivity index (χ4v) is 3.98. The molecule has 0 radical (unpaired) electrons. The number of aryl methyl sites for hydroxylation is 2. The van der Waals surface area contributed by atoms with E-state index in [4.69, 9.17) is 0 Å². The van der Waals surface area contributed by atoms with Gasteiger partial charge in [-0.2, -0.15) is 0 Å². The second kappa shape index (κ2) is 8.78. The number of fused-ring (bicyclic) bond motifs is 1. The first-order valence-corrected chi connectivity index (χ1v) is 10.7. The van der Waals surface area contributed by atoms with Crippen molar-refractivity contribution in [1.82, 2.24) is 14.8 Å². The third kappa shape index (κ3) is 4.18. The minimum atomic E-state index is -0.477. The fourth-order valence-electron chi connectivity index (χ4n) is 3.98. The molecule has 0 saturated heterocycles. The molecular formula is C23H26N6O3. The van der Waals surface area contributed by atoms with Crippen LogP contribution in [0.15, 0.2) is 36.4 Å². The predicted octanol–water partition coefficient (Wildman–Crippen LogP) is 4.21. The highest BCUT2D eigenvalue weighted by atomic mass is 16.6. The minimum absolute atomic E-state index is 0.112. The van der Waals surface area contributed by atoms with Crippen LogP contribution in [0.2, 0.25) is 0 Å². The Hall–Kier alpha value is -3.75. The SMILES string of the molecule is Cc1ccc(-c2nnc3n2CCCCC3)cc1NC(=O)c1ccc(N(C)C)c([N+](=O)[O-])c1. The van der Waals surface area contributed by atoms with E-state index in [2.05, 4.69) is 20.1 Å². The number of anilines is 2. The number of nitrogens with zero attached hydrogens (tertiary/aromatic N) is 5. The molecule has 0 spiro atoms. The number of rotatable bonds is 5. The third-order valence-electron chi connectivity index (χ3n) is 5.77. The molecule has 0 atom stereocenters. The molecule has 0 unspecified atom stereocenters. The largest absolute Gasteiger partial charge is 0.372 e. The van der Waals surface area contributed by atoms with Gasteiger partial charge in [-0.1, -0.05) is 18.6 Å². The Kier molecular flexibility index (Phi) is 5.89. The zero-order valence-corrected chi connectivity index (χ0v) is 18.5. The lowest BCUT2D eigenvalue weighted by Crippen LogP contribution is -2.15. The van der Waals surface area contributed by atoms with Crippen LogP contribution in [0.4, 0.5) is 17.1 Å². The number of amides is 1. The van der Waals surface area contributed by atoms with Crippen LogP contribution in [0.1, 0.15) is 41.0 Å². The Labute approximate surface area is 186 Å². The average molecular weight is 435 g/mol. The molecule has 1 aromatic heterocycles. The van der Waals surface area contributed by atoms with Crippen molar-refractivity contribution in [3.63, 3.8) is 0 Å². The number of hydrogen-bond acceptors (Lipinski definition) is 6. The lowest BCUT2D eigenvalue weighted by molar-refractivity contribution is -0.384. The molecular weight excluding hydrogens is 408 g/mol. The van der Waals surface area contributed by atoms with Crippen LogP contribution < -0.4 is 10.2 Å². The zero-order valence-electron chi connectivity index (χ0n) is 18.5. The number of carbonyl (C=O) groups excluding carboxylic acids is 1. The van der Waals surface area contributed by atoms with Crippen molar-refractivity contribution in [3.05, 3.63) is 63.5 Å². The molecule has 3 aromatic rings. The molecule has 0 saturated carbocycles. The maximum Gasteiger partial charge on any atom is 0.293 e. The van der Waals surface area contributed by atoms with Crippen molar-refractivity contribution >= 4 is 23.0 Å². The smallest absolute Gasteiger partial charge is 0.293 e. The molecule has 32 heavy (non-hydrogen) atoms. The summed E-state index contributed by atoms with van der Waals surface area (Å²) in [7, 11) is 3.45. The van der Waals surface area contributed by atoms with Gasteiger partial charge in [-0.15, -0.1) is 10.2 Å². The second-order valence-electron chi connectivity index (χ2n) is 8.24. The number of hydrogen-bond donors (Lipinski definition) is 1. The number of nitro groups is 1. The number of nitro benzene ring substituents is 1. The topological polar surface area (TPSA) is 106 Å². The van der Waals surface area contributed by atoms with Gasteiger partial charge in [0.05, 0.1) is 4.92 Å². The van der Waals surface area contributed by atoms with E-state index < -0.39 is 10.8 Å². The number of carbonyl (C=O) groups is 1. The van der Waals surface area contributed by atoms with Crippen molar-refractivity contribution < 1.29 is 9.72 Å². The molecule has 0 aliphatic carbocycles. The highest BCUT2D eigenvalue weighted by molar-refractivity contribution is 6.05. The second-order valence-corrected chi connectivity index (χ2v) is 8.24. The number of aromatic nitrogens is 3. The quantitative estimate of drug-likeness (QED) is 0.476. The van der Waals surface area contributed by atoms with Crippen LogP contribution in [-0.4, -0.2) is 39.7 Å². The summed E-state index contributed by atoms with van der Waals surface area (Å²) in [6.07, 6.45) is 4.31. The Morgan fingerprint density at radius 3 is 2.69 bits per heavy atom. The van der Waals surface area contributed by atoms with Gasteiger partial charge in [-0.05, 0) is 43.5 Å². The molecule has 2 aromatic carbocycles. The van der Waals surface area contributed by atoms with E-state index in [0.29, 0.717) is 11.4 Å². The van der Waals surface area contributed by atoms with Crippen molar-refractivity contribution in [2.24, 2.45) is 0 Å². The van der Waals surface area contributed by atoms with Crippen molar-refractivity contribution in [1.29, 1.82) is 0 Å². The first-order chi connectivity index (χ1) is 15.3. The minimum Gasteiger partial charge on any atom is -0.372 e. The molecule has 1 N–H and O–H groups in total. The zero-order chi connectivity index (χ0) is 22.8. The monoisotopic (exact) mass is 434 g/mol. The Morgan fingerprint density at radius 1 is 1.12 bits per heavy atom. The summed E-state index contributed by atoms with van der Waals surface area (Å²) in [6.45, 7) is 2.79. The maximum absolute atomic E-state index is 12.9. The van der Waals surface area contributed by atoms with Gasteiger partial charge in [0.25, 0.3) is 11.6 Å². The van der Waals surface area contributed by atoms with E-state index in [-0.39, 0.29) is 11.3 Å². The maximum atomic E-state index is 12.9. The van der Waals surface area contributed by atoms with Gasteiger partial charge >= 0.3 is 0 Å². The average Bonchev–Trinajstić information content (AvgIpc) is 3.02. The summed E-state index contributed by atoms with van der Waals surface area (Å²) in [5.74, 6) is 1.39. The third-order valence-corrected chi connectivity index (χ3v) is 5.77. The molecule has 0 bridgehead atoms. The van der Waals surface area contributed by atoms with Crippen LogP contribution in [0.25, 0.3) is 11.4 Å². The summed E-state index contributed by atoms with van der Waals surface area (Å²) in [5, 5.41) is 23.1.